The van der Waals surface area contributed by atoms with E-state index in [1.165, 1.54) is 23.1 Å². The zero-order valence-corrected chi connectivity index (χ0v) is 10.2. The maximum Gasteiger partial charge on any atom is 0.322 e. The van der Waals surface area contributed by atoms with Crippen molar-refractivity contribution in [2.75, 3.05) is 16.8 Å². The van der Waals surface area contributed by atoms with E-state index in [4.69, 9.17) is 0 Å². The van der Waals surface area contributed by atoms with Gasteiger partial charge in [0.2, 0.25) is 5.91 Å². The number of rotatable bonds is 1. The van der Waals surface area contributed by atoms with Gasteiger partial charge in [0.15, 0.2) is 0 Å². The zero-order chi connectivity index (χ0) is 13.3. The van der Waals surface area contributed by atoms with Crippen LogP contribution in [0, 0.1) is 5.82 Å². The molecule has 0 bridgehead atoms. The summed E-state index contributed by atoms with van der Waals surface area (Å²) in [5, 5.41) is 5.24. The molecule has 0 unspecified atom stereocenters. The average Bonchev–Trinajstić information content (AvgIpc) is 2.26. The van der Waals surface area contributed by atoms with Gasteiger partial charge in [-0.2, -0.15) is 0 Å². The minimum Gasteiger partial charge on any atom is -0.336 e. The Bertz CT molecular complexity index is 502. The summed E-state index contributed by atoms with van der Waals surface area (Å²) in [4.78, 5) is 24.7. The largest absolute Gasteiger partial charge is 0.336 e. The number of urea groups is 1. The predicted octanol–water partition coefficient (Wildman–Crippen LogP) is 1.70. The van der Waals surface area contributed by atoms with Crippen LogP contribution < -0.4 is 15.5 Å². The van der Waals surface area contributed by atoms with Gasteiger partial charge in [-0.3, -0.25) is 9.69 Å². The van der Waals surface area contributed by atoms with Crippen molar-refractivity contribution in [2.45, 2.75) is 19.9 Å². The summed E-state index contributed by atoms with van der Waals surface area (Å²) in [6.45, 7) is 3.58. The van der Waals surface area contributed by atoms with Crippen LogP contribution in [0.3, 0.4) is 0 Å². The second-order valence-corrected chi connectivity index (χ2v) is 4.40. The summed E-state index contributed by atoms with van der Waals surface area (Å²) in [7, 11) is 0. The van der Waals surface area contributed by atoms with Crippen molar-refractivity contribution in [3.05, 3.63) is 24.0 Å². The lowest BCUT2D eigenvalue weighted by atomic mass is 10.2. The number of anilines is 2. The van der Waals surface area contributed by atoms with Crippen LogP contribution in [0.15, 0.2) is 18.2 Å². The average molecular weight is 251 g/mol. The van der Waals surface area contributed by atoms with Crippen LogP contribution in [0.2, 0.25) is 0 Å². The molecule has 6 heteroatoms. The lowest BCUT2D eigenvalue weighted by Crippen LogP contribution is -2.48. The minimum atomic E-state index is -0.458. The van der Waals surface area contributed by atoms with Crippen molar-refractivity contribution in [1.82, 2.24) is 5.32 Å². The van der Waals surface area contributed by atoms with Crippen LogP contribution in [-0.4, -0.2) is 24.5 Å². The van der Waals surface area contributed by atoms with E-state index in [9.17, 15) is 14.0 Å². The van der Waals surface area contributed by atoms with Gasteiger partial charge in [0.1, 0.15) is 12.4 Å². The second kappa shape index (κ2) is 4.64. The molecular weight excluding hydrogens is 237 g/mol. The van der Waals surface area contributed by atoms with E-state index < -0.39 is 5.82 Å². The molecule has 1 aromatic rings. The summed E-state index contributed by atoms with van der Waals surface area (Å²) < 4.78 is 13.1. The molecule has 1 aromatic carbocycles. The first-order valence-electron chi connectivity index (χ1n) is 5.65. The van der Waals surface area contributed by atoms with E-state index in [-0.39, 0.29) is 24.5 Å². The maximum absolute atomic E-state index is 13.1. The van der Waals surface area contributed by atoms with Gasteiger partial charge in [0, 0.05) is 6.04 Å². The minimum absolute atomic E-state index is 0.0358. The fourth-order valence-corrected chi connectivity index (χ4v) is 1.77. The van der Waals surface area contributed by atoms with Crippen molar-refractivity contribution in [2.24, 2.45) is 0 Å². The van der Waals surface area contributed by atoms with Gasteiger partial charge < -0.3 is 10.6 Å². The number of carbonyl (C=O) groups is 2. The topological polar surface area (TPSA) is 61.4 Å². The summed E-state index contributed by atoms with van der Waals surface area (Å²) in [5.74, 6) is -0.799. The Kier molecular flexibility index (Phi) is 3.18. The Labute approximate surface area is 104 Å². The molecule has 5 nitrogen and oxygen atoms in total. The fraction of sp³-hybridized carbons (Fsp3) is 0.333. The molecule has 1 heterocycles. The van der Waals surface area contributed by atoms with E-state index >= 15 is 0 Å². The van der Waals surface area contributed by atoms with Gasteiger partial charge in [-0.15, -0.1) is 0 Å². The first-order valence-corrected chi connectivity index (χ1v) is 5.65. The van der Waals surface area contributed by atoms with Gasteiger partial charge in [0.25, 0.3) is 0 Å². The third-order valence-corrected chi connectivity index (χ3v) is 2.48. The highest BCUT2D eigenvalue weighted by Crippen LogP contribution is 2.29. The number of hydrogen-bond acceptors (Lipinski definition) is 2. The summed E-state index contributed by atoms with van der Waals surface area (Å²) in [5.41, 5.74) is 0.805. The SMILES string of the molecule is CC(C)NC(=O)N1CC(=O)Nc2cc(F)ccc21. The van der Waals surface area contributed by atoms with Crippen LogP contribution >= 0.6 is 0 Å². The highest BCUT2D eigenvalue weighted by Gasteiger charge is 2.27. The number of halogens is 1. The van der Waals surface area contributed by atoms with E-state index in [2.05, 4.69) is 10.6 Å². The number of fused-ring (bicyclic) bond motifs is 1. The van der Waals surface area contributed by atoms with Crippen LogP contribution in [0.1, 0.15) is 13.8 Å². The summed E-state index contributed by atoms with van der Waals surface area (Å²) >= 11 is 0. The number of hydrogen-bond donors (Lipinski definition) is 2. The molecule has 0 radical (unpaired) electrons. The monoisotopic (exact) mass is 251 g/mol. The lowest BCUT2D eigenvalue weighted by Gasteiger charge is -2.29. The van der Waals surface area contributed by atoms with Crippen LogP contribution in [0.4, 0.5) is 20.6 Å². The Hall–Kier alpha value is -2.11. The zero-order valence-electron chi connectivity index (χ0n) is 10.2. The molecule has 0 spiro atoms. The summed E-state index contributed by atoms with van der Waals surface area (Å²) in [6.07, 6.45) is 0. The molecule has 0 atom stereocenters. The first-order chi connectivity index (χ1) is 8.47. The second-order valence-electron chi connectivity index (χ2n) is 4.40. The fourth-order valence-electron chi connectivity index (χ4n) is 1.77. The molecular formula is C12H14FN3O2. The maximum atomic E-state index is 13.1. The molecule has 0 fully saturated rings. The molecule has 96 valence electrons. The smallest absolute Gasteiger partial charge is 0.322 e. The molecule has 18 heavy (non-hydrogen) atoms. The van der Waals surface area contributed by atoms with E-state index in [1.807, 2.05) is 13.8 Å². The number of nitrogens with zero attached hydrogens (tertiary/aromatic N) is 1. The molecule has 0 saturated heterocycles. The molecule has 2 rings (SSSR count). The van der Waals surface area contributed by atoms with E-state index in [1.54, 1.807) is 0 Å². The molecule has 2 N–H and O–H groups in total. The van der Waals surface area contributed by atoms with Crippen molar-refractivity contribution < 1.29 is 14.0 Å². The molecule has 1 aliphatic rings. The van der Waals surface area contributed by atoms with Crippen molar-refractivity contribution >= 4 is 23.3 Å². The molecule has 0 saturated carbocycles. The summed E-state index contributed by atoms with van der Waals surface area (Å²) in [6, 6.07) is 3.52. The van der Waals surface area contributed by atoms with E-state index in [0.29, 0.717) is 11.4 Å². The molecule has 0 aromatic heterocycles. The van der Waals surface area contributed by atoms with Crippen molar-refractivity contribution in [3.63, 3.8) is 0 Å². The van der Waals surface area contributed by atoms with Crippen LogP contribution in [0.5, 0.6) is 0 Å². The van der Waals surface area contributed by atoms with Crippen LogP contribution in [0.25, 0.3) is 0 Å². The Morgan fingerprint density at radius 1 is 1.50 bits per heavy atom. The number of amides is 3. The normalized spacial score (nSPS) is 14.2. The quantitative estimate of drug-likeness (QED) is 0.798. The third-order valence-electron chi connectivity index (χ3n) is 2.48. The van der Waals surface area contributed by atoms with E-state index in [0.717, 1.165) is 0 Å². The van der Waals surface area contributed by atoms with Crippen molar-refractivity contribution in [1.29, 1.82) is 0 Å². The highest BCUT2D eigenvalue weighted by molar-refractivity contribution is 6.09. The Morgan fingerprint density at radius 3 is 2.89 bits per heavy atom. The lowest BCUT2D eigenvalue weighted by molar-refractivity contribution is -0.115. The standard InChI is InChI=1S/C12H14FN3O2/c1-7(2)14-12(18)16-6-11(17)15-9-5-8(13)3-4-10(9)16/h3-5,7H,6H2,1-2H3,(H,14,18)(H,15,17). The molecule has 1 aliphatic heterocycles. The van der Waals surface area contributed by atoms with Crippen molar-refractivity contribution in [3.8, 4) is 0 Å². The highest BCUT2D eigenvalue weighted by atomic mass is 19.1. The van der Waals surface area contributed by atoms with Gasteiger partial charge in [-0.25, -0.2) is 9.18 Å². The van der Waals surface area contributed by atoms with Gasteiger partial charge in [-0.05, 0) is 32.0 Å². The van der Waals surface area contributed by atoms with Gasteiger partial charge in [0.05, 0.1) is 11.4 Å². The number of benzene rings is 1. The number of nitrogens with one attached hydrogen (secondary N) is 2. The molecule has 0 aliphatic carbocycles. The number of carbonyl (C=O) groups excluding carboxylic acids is 2. The van der Waals surface area contributed by atoms with Gasteiger partial charge in [-0.1, -0.05) is 0 Å². The Morgan fingerprint density at radius 2 is 2.22 bits per heavy atom. The molecule has 3 amide bonds. The first kappa shape index (κ1) is 12.3. The van der Waals surface area contributed by atoms with Gasteiger partial charge >= 0.3 is 6.03 Å². The predicted molar refractivity (Wildman–Crippen MR) is 66.0 cm³/mol. The third kappa shape index (κ3) is 2.42. The Balaban J connectivity index is 2.33. The van der Waals surface area contributed by atoms with Crippen LogP contribution in [-0.2, 0) is 4.79 Å².